The number of fused-ring (bicyclic) bond motifs is 1. The van der Waals surface area contributed by atoms with E-state index in [0.29, 0.717) is 24.8 Å². The van der Waals surface area contributed by atoms with Crippen LogP contribution < -0.4 is 5.73 Å². The van der Waals surface area contributed by atoms with Crippen molar-refractivity contribution >= 4 is 11.0 Å². The molecule has 5 heteroatoms. The van der Waals surface area contributed by atoms with Crippen LogP contribution in [0.25, 0.3) is 11.0 Å². The quantitative estimate of drug-likeness (QED) is 0.916. The Kier molecular flexibility index (Phi) is 2.62. The highest BCUT2D eigenvalue weighted by Crippen LogP contribution is 2.42. The van der Waals surface area contributed by atoms with Gasteiger partial charge in [0.15, 0.2) is 0 Å². The molecule has 1 saturated heterocycles. The Labute approximate surface area is 116 Å². The molecule has 0 bridgehead atoms. The van der Waals surface area contributed by atoms with Gasteiger partial charge in [-0.15, -0.1) is 0 Å². The Bertz CT molecular complexity index is 656. The minimum atomic E-state index is -0.448. The normalized spacial score (nSPS) is 22.3. The van der Waals surface area contributed by atoms with E-state index in [-0.39, 0.29) is 5.82 Å². The van der Waals surface area contributed by atoms with E-state index in [0.717, 1.165) is 37.0 Å². The zero-order chi connectivity index (χ0) is 13.7. The maximum atomic E-state index is 13.4. The van der Waals surface area contributed by atoms with E-state index in [9.17, 15) is 4.39 Å². The van der Waals surface area contributed by atoms with Crippen molar-refractivity contribution in [3.05, 3.63) is 29.8 Å². The van der Waals surface area contributed by atoms with E-state index >= 15 is 0 Å². The second-order valence-electron chi connectivity index (χ2n) is 5.94. The monoisotopic (exact) mass is 275 g/mol. The van der Waals surface area contributed by atoms with Crippen molar-refractivity contribution in [2.45, 2.75) is 37.3 Å². The summed E-state index contributed by atoms with van der Waals surface area (Å²) in [5, 5.41) is 0. The Balaban J connectivity index is 1.91. The minimum absolute atomic E-state index is 0.248. The fourth-order valence-corrected chi connectivity index (χ4v) is 3.08. The van der Waals surface area contributed by atoms with Crippen LogP contribution >= 0.6 is 0 Å². The van der Waals surface area contributed by atoms with Gasteiger partial charge in [-0.1, -0.05) is 0 Å². The number of hydrogen-bond donors (Lipinski definition) is 1. The molecule has 106 valence electrons. The van der Waals surface area contributed by atoms with Gasteiger partial charge >= 0.3 is 0 Å². The molecular formula is C15H18FN3O. The fourth-order valence-electron chi connectivity index (χ4n) is 3.08. The number of halogens is 1. The number of aromatic nitrogens is 2. The average Bonchev–Trinajstić information content (AvgIpc) is 3.20. The lowest BCUT2D eigenvalue weighted by molar-refractivity contribution is 0.0480. The lowest BCUT2D eigenvalue weighted by atomic mass is 9.90. The van der Waals surface area contributed by atoms with Gasteiger partial charge < -0.3 is 15.0 Å². The van der Waals surface area contributed by atoms with Crippen LogP contribution in [0.1, 0.15) is 37.5 Å². The highest BCUT2D eigenvalue weighted by atomic mass is 19.1. The standard InChI is InChI=1S/C15H18FN3O/c16-10-1-4-13-12(9-10)18-14(19(13)11-2-3-11)15(17)5-7-20-8-6-15/h1,4,9,11H,2-3,5-8,17H2. The molecule has 0 atom stereocenters. The molecule has 1 aromatic carbocycles. The van der Waals surface area contributed by atoms with E-state index in [1.165, 1.54) is 12.1 Å². The van der Waals surface area contributed by atoms with Crippen LogP contribution in [-0.2, 0) is 10.3 Å². The lowest BCUT2D eigenvalue weighted by Gasteiger charge is -2.33. The first-order chi connectivity index (χ1) is 9.67. The SMILES string of the molecule is NC1(c2nc3cc(F)ccc3n2C2CC2)CCOCC1. The van der Waals surface area contributed by atoms with Gasteiger partial charge in [-0.05, 0) is 37.8 Å². The first kappa shape index (κ1) is 12.3. The molecule has 1 aliphatic heterocycles. The topological polar surface area (TPSA) is 53.1 Å². The third-order valence-corrected chi connectivity index (χ3v) is 4.39. The molecule has 2 N–H and O–H groups in total. The van der Waals surface area contributed by atoms with Crippen LogP contribution in [0.2, 0.25) is 0 Å². The van der Waals surface area contributed by atoms with E-state index < -0.39 is 5.54 Å². The number of ether oxygens (including phenoxy) is 1. The van der Waals surface area contributed by atoms with Crippen molar-refractivity contribution in [3.8, 4) is 0 Å². The summed E-state index contributed by atoms with van der Waals surface area (Å²) in [6.45, 7) is 1.33. The first-order valence-electron chi connectivity index (χ1n) is 7.22. The Morgan fingerprint density at radius 3 is 2.75 bits per heavy atom. The van der Waals surface area contributed by atoms with Gasteiger partial charge in [0, 0.05) is 25.3 Å². The fraction of sp³-hybridized carbons (Fsp3) is 0.533. The number of rotatable bonds is 2. The third kappa shape index (κ3) is 1.84. The molecule has 2 heterocycles. The zero-order valence-electron chi connectivity index (χ0n) is 11.3. The largest absolute Gasteiger partial charge is 0.381 e. The predicted molar refractivity (Wildman–Crippen MR) is 73.9 cm³/mol. The van der Waals surface area contributed by atoms with Gasteiger partial charge in [-0.25, -0.2) is 9.37 Å². The van der Waals surface area contributed by atoms with Crippen LogP contribution in [0.15, 0.2) is 18.2 Å². The van der Waals surface area contributed by atoms with E-state index in [1.54, 1.807) is 0 Å². The summed E-state index contributed by atoms with van der Waals surface area (Å²) in [7, 11) is 0. The van der Waals surface area contributed by atoms with Gasteiger partial charge in [-0.3, -0.25) is 0 Å². The number of nitrogens with two attached hydrogens (primary N) is 1. The molecule has 2 aliphatic rings. The first-order valence-corrected chi connectivity index (χ1v) is 7.22. The van der Waals surface area contributed by atoms with Crippen molar-refractivity contribution in [2.24, 2.45) is 5.73 Å². The van der Waals surface area contributed by atoms with Crippen LogP contribution in [0.5, 0.6) is 0 Å². The van der Waals surface area contributed by atoms with Crippen molar-refractivity contribution in [3.63, 3.8) is 0 Å². The summed E-state index contributed by atoms with van der Waals surface area (Å²) in [4.78, 5) is 4.67. The molecule has 0 unspecified atom stereocenters. The minimum Gasteiger partial charge on any atom is -0.381 e. The van der Waals surface area contributed by atoms with Gasteiger partial charge in [-0.2, -0.15) is 0 Å². The van der Waals surface area contributed by atoms with Gasteiger partial charge in [0.25, 0.3) is 0 Å². The summed E-state index contributed by atoms with van der Waals surface area (Å²) in [5.41, 5.74) is 7.86. The van der Waals surface area contributed by atoms with Crippen LogP contribution in [0, 0.1) is 5.82 Å². The summed E-state index contributed by atoms with van der Waals surface area (Å²) >= 11 is 0. The van der Waals surface area contributed by atoms with E-state index in [4.69, 9.17) is 10.5 Å². The van der Waals surface area contributed by atoms with Gasteiger partial charge in [0.1, 0.15) is 11.6 Å². The summed E-state index contributed by atoms with van der Waals surface area (Å²) in [6, 6.07) is 5.30. The van der Waals surface area contributed by atoms with E-state index in [1.807, 2.05) is 6.07 Å². The number of imidazole rings is 1. The molecule has 4 rings (SSSR count). The highest BCUT2D eigenvalue weighted by molar-refractivity contribution is 5.76. The Hall–Kier alpha value is -1.46. The molecule has 1 aromatic heterocycles. The van der Waals surface area contributed by atoms with Crippen molar-refractivity contribution in [2.75, 3.05) is 13.2 Å². The zero-order valence-corrected chi connectivity index (χ0v) is 11.3. The summed E-state index contributed by atoms with van der Waals surface area (Å²) in [6.07, 6.45) is 3.85. The van der Waals surface area contributed by atoms with Gasteiger partial charge in [0.2, 0.25) is 0 Å². The number of nitrogens with zero attached hydrogens (tertiary/aromatic N) is 2. The maximum absolute atomic E-state index is 13.4. The van der Waals surface area contributed by atoms with E-state index in [2.05, 4.69) is 9.55 Å². The van der Waals surface area contributed by atoms with Crippen LogP contribution in [0.3, 0.4) is 0 Å². The summed E-state index contributed by atoms with van der Waals surface area (Å²) in [5.74, 6) is 0.659. The molecule has 0 amide bonds. The van der Waals surface area contributed by atoms with Crippen LogP contribution in [-0.4, -0.2) is 22.8 Å². The highest BCUT2D eigenvalue weighted by Gasteiger charge is 2.39. The average molecular weight is 275 g/mol. The Morgan fingerprint density at radius 1 is 1.30 bits per heavy atom. The second kappa shape index (κ2) is 4.27. The molecule has 1 saturated carbocycles. The molecular weight excluding hydrogens is 257 g/mol. The smallest absolute Gasteiger partial charge is 0.130 e. The Morgan fingerprint density at radius 2 is 2.05 bits per heavy atom. The molecule has 0 spiro atoms. The van der Waals surface area contributed by atoms with Crippen molar-refractivity contribution in [1.29, 1.82) is 0 Å². The molecule has 20 heavy (non-hydrogen) atoms. The molecule has 1 aliphatic carbocycles. The molecule has 4 nitrogen and oxygen atoms in total. The third-order valence-electron chi connectivity index (χ3n) is 4.39. The number of hydrogen-bond acceptors (Lipinski definition) is 3. The lowest BCUT2D eigenvalue weighted by Crippen LogP contribution is -2.44. The van der Waals surface area contributed by atoms with Crippen molar-refractivity contribution in [1.82, 2.24) is 9.55 Å². The van der Waals surface area contributed by atoms with Gasteiger partial charge in [0.05, 0.1) is 16.6 Å². The predicted octanol–water partition coefficient (Wildman–Crippen LogP) is 2.47. The molecule has 0 radical (unpaired) electrons. The summed E-state index contributed by atoms with van der Waals surface area (Å²) < 4.78 is 21.1. The van der Waals surface area contributed by atoms with Crippen molar-refractivity contribution < 1.29 is 9.13 Å². The molecule has 2 aromatic rings. The van der Waals surface area contributed by atoms with Crippen LogP contribution in [0.4, 0.5) is 4.39 Å². The maximum Gasteiger partial charge on any atom is 0.130 e. The molecule has 2 fully saturated rings. The second-order valence-corrected chi connectivity index (χ2v) is 5.94. The number of benzene rings is 1.